The zero-order chi connectivity index (χ0) is 15.0. The molecular weight excluding hydrogens is 290 g/mol. The van der Waals surface area contributed by atoms with Crippen molar-refractivity contribution in [3.8, 4) is 17.2 Å². The van der Waals surface area contributed by atoms with Gasteiger partial charge in [0.2, 0.25) is 5.78 Å². The molecule has 1 heterocycles. The van der Waals surface area contributed by atoms with E-state index in [-0.39, 0.29) is 23.0 Å². The number of ether oxygens (including phenoxy) is 1. The number of methoxy groups -OCH3 is 1. The minimum atomic E-state index is -0.256. The summed E-state index contributed by atoms with van der Waals surface area (Å²) in [6.45, 7) is 0. The van der Waals surface area contributed by atoms with Crippen LogP contribution in [0.1, 0.15) is 15.4 Å². The van der Waals surface area contributed by atoms with Crippen molar-refractivity contribution in [1.82, 2.24) is 4.98 Å². The molecule has 6 heteroatoms. The molecule has 0 saturated carbocycles. The number of hydrogen-bond acceptors (Lipinski definition) is 6. The molecule has 0 bridgehead atoms. The first kappa shape index (κ1) is 13.4. The number of phenols is 2. The molecule has 5 nitrogen and oxygen atoms in total. The fourth-order valence-corrected chi connectivity index (χ4v) is 2.91. The van der Waals surface area contributed by atoms with E-state index in [1.54, 1.807) is 12.1 Å². The second kappa shape index (κ2) is 5.06. The van der Waals surface area contributed by atoms with E-state index < -0.39 is 0 Å². The third kappa shape index (κ3) is 2.41. The van der Waals surface area contributed by atoms with Gasteiger partial charge in [0.25, 0.3) is 0 Å². The first-order valence-corrected chi connectivity index (χ1v) is 6.91. The van der Waals surface area contributed by atoms with Crippen LogP contribution in [-0.2, 0) is 0 Å². The van der Waals surface area contributed by atoms with Gasteiger partial charge in [0.1, 0.15) is 5.75 Å². The molecule has 0 unspecified atom stereocenters. The Balaban J connectivity index is 2.03. The van der Waals surface area contributed by atoms with Gasteiger partial charge in [0, 0.05) is 5.56 Å². The van der Waals surface area contributed by atoms with E-state index in [2.05, 4.69) is 4.98 Å². The summed E-state index contributed by atoms with van der Waals surface area (Å²) in [5, 5.41) is 19.3. The van der Waals surface area contributed by atoms with Crippen molar-refractivity contribution in [2.75, 3.05) is 7.11 Å². The van der Waals surface area contributed by atoms with E-state index in [9.17, 15) is 15.0 Å². The lowest BCUT2D eigenvalue weighted by molar-refractivity contribution is 0.103. The van der Waals surface area contributed by atoms with Crippen LogP contribution in [0.2, 0.25) is 0 Å². The fraction of sp³-hybridized carbons (Fsp3) is 0.0667. The fourth-order valence-electron chi connectivity index (χ4n) is 1.95. The maximum atomic E-state index is 12.4. The Morgan fingerprint density at radius 1 is 1.19 bits per heavy atom. The van der Waals surface area contributed by atoms with E-state index in [1.807, 2.05) is 0 Å². The predicted molar refractivity (Wildman–Crippen MR) is 79.4 cm³/mol. The maximum absolute atomic E-state index is 12.4. The van der Waals surface area contributed by atoms with Gasteiger partial charge in [-0.15, -0.1) is 11.3 Å². The normalized spacial score (nSPS) is 10.7. The number of phenolic OH excluding ortho intramolecular Hbond substituents is 2. The van der Waals surface area contributed by atoms with Crippen molar-refractivity contribution in [2.24, 2.45) is 0 Å². The average molecular weight is 301 g/mol. The molecule has 2 aromatic carbocycles. The van der Waals surface area contributed by atoms with E-state index in [1.165, 1.54) is 42.7 Å². The highest BCUT2D eigenvalue weighted by Gasteiger charge is 2.16. The molecule has 0 aliphatic heterocycles. The Morgan fingerprint density at radius 2 is 2.00 bits per heavy atom. The van der Waals surface area contributed by atoms with Crippen LogP contribution in [-0.4, -0.2) is 28.1 Å². The number of hydrogen-bond donors (Lipinski definition) is 2. The van der Waals surface area contributed by atoms with Crippen molar-refractivity contribution in [3.05, 3.63) is 47.0 Å². The quantitative estimate of drug-likeness (QED) is 0.727. The molecule has 21 heavy (non-hydrogen) atoms. The number of nitrogens with zero attached hydrogens (tertiary/aromatic N) is 1. The number of aromatic hydroxyl groups is 2. The molecular formula is C15H11NO4S. The lowest BCUT2D eigenvalue weighted by atomic mass is 10.1. The highest BCUT2D eigenvalue weighted by Crippen LogP contribution is 2.30. The van der Waals surface area contributed by atoms with Gasteiger partial charge in [-0.3, -0.25) is 4.79 Å². The van der Waals surface area contributed by atoms with Crippen LogP contribution in [0.25, 0.3) is 10.2 Å². The van der Waals surface area contributed by atoms with Gasteiger partial charge >= 0.3 is 0 Å². The van der Waals surface area contributed by atoms with Crippen LogP contribution < -0.4 is 4.74 Å². The van der Waals surface area contributed by atoms with Crippen molar-refractivity contribution >= 4 is 27.3 Å². The highest BCUT2D eigenvalue weighted by atomic mass is 32.1. The van der Waals surface area contributed by atoms with Crippen LogP contribution in [0.3, 0.4) is 0 Å². The van der Waals surface area contributed by atoms with E-state index in [0.29, 0.717) is 16.1 Å². The first-order valence-electron chi connectivity index (χ1n) is 6.10. The molecule has 0 radical (unpaired) electrons. The van der Waals surface area contributed by atoms with Crippen molar-refractivity contribution in [1.29, 1.82) is 0 Å². The molecule has 2 N–H and O–H groups in total. The molecule has 3 rings (SSSR count). The number of rotatable bonds is 3. The summed E-state index contributed by atoms with van der Waals surface area (Å²) in [4.78, 5) is 16.7. The topological polar surface area (TPSA) is 79.7 Å². The van der Waals surface area contributed by atoms with E-state index in [4.69, 9.17) is 4.74 Å². The summed E-state index contributed by atoms with van der Waals surface area (Å²) >= 11 is 1.21. The molecule has 0 spiro atoms. The van der Waals surface area contributed by atoms with Crippen LogP contribution in [0.5, 0.6) is 17.2 Å². The summed E-state index contributed by atoms with van der Waals surface area (Å²) in [5.74, 6) is 0.0910. The van der Waals surface area contributed by atoms with E-state index in [0.717, 1.165) is 4.70 Å². The molecule has 0 aliphatic carbocycles. The number of carbonyl (C=O) groups is 1. The minimum Gasteiger partial charge on any atom is -0.508 e. The largest absolute Gasteiger partial charge is 0.508 e. The molecule has 0 saturated heterocycles. The smallest absolute Gasteiger partial charge is 0.221 e. The highest BCUT2D eigenvalue weighted by molar-refractivity contribution is 7.20. The summed E-state index contributed by atoms with van der Waals surface area (Å²) in [7, 11) is 1.42. The van der Waals surface area contributed by atoms with Crippen LogP contribution in [0, 0.1) is 0 Å². The lowest BCUT2D eigenvalue weighted by Crippen LogP contribution is -2.00. The van der Waals surface area contributed by atoms with Gasteiger partial charge in [0.15, 0.2) is 16.5 Å². The summed E-state index contributed by atoms with van der Waals surface area (Å²) < 4.78 is 5.73. The summed E-state index contributed by atoms with van der Waals surface area (Å²) in [6, 6.07) is 9.16. The summed E-state index contributed by atoms with van der Waals surface area (Å²) in [5.41, 5.74) is 1.04. The van der Waals surface area contributed by atoms with Crippen molar-refractivity contribution in [2.45, 2.75) is 0 Å². The maximum Gasteiger partial charge on any atom is 0.221 e. The Kier molecular flexibility index (Phi) is 3.23. The standard InChI is InChI=1S/C15H11NO4S/c1-20-12-6-8(2-5-11(12)18)14(19)15-16-10-4-3-9(17)7-13(10)21-15/h2-7,17-18H,1H3. The Labute approximate surface area is 124 Å². The van der Waals surface area contributed by atoms with Gasteiger partial charge in [-0.25, -0.2) is 4.98 Å². The molecule has 3 aromatic rings. The summed E-state index contributed by atoms with van der Waals surface area (Å²) in [6.07, 6.45) is 0. The SMILES string of the molecule is COc1cc(C(=O)c2nc3ccc(O)cc3s2)ccc1O. The molecule has 0 amide bonds. The van der Waals surface area contributed by atoms with Gasteiger partial charge < -0.3 is 14.9 Å². The molecule has 0 fully saturated rings. The second-order valence-electron chi connectivity index (χ2n) is 4.39. The van der Waals surface area contributed by atoms with Crippen LogP contribution in [0.15, 0.2) is 36.4 Å². The minimum absolute atomic E-state index is 0.0247. The number of carbonyl (C=O) groups excluding carboxylic acids is 1. The third-order valence-corrected chi connectivity index (χ3v) is 4.03. The van der Waals surface area contributed by atoms with Crippen LogP contribution >= 0.6 is 11.3 Å². The van der Waals surface area contributed by atoms with Crippen molar-refractivity contribution < 1.29 is 19.7 Å². The Morgan fingerprint density at radius 3 is 2.76 bits per heavy atom. The predicted octanol–water partition coefficient (Wildman–Crippen LogP) is 2.95. The number of benzene rings is 2. The first-order chi connectivity index (χ1) is 10.1. The molecule has 106 valence electrons. The van der Waals surface area contributed by atoms with Gasteiger partial charge in [-0.05, 0) is 36.4 Å². The van der Waals surface area contributed by atoms with Gasteiger partial charge in [0.05, 0.1) is 17.3 Å². The zero-order valence-corrected chi connectivity index (χ0v) is 11.8. The second-order valence-corrected chi connectivity index (χ2v) is 5.42. The Bertz CT molecular complexity index is 841. The lowest BCUT2D eigenvalue weighted by Gasteiger charge is -2.04. The third-order valence-electron chi connectivity index (χ3n) is 3.01. The number of ketones is 1. The zero-order valence-electron chi connectivity index (χ0n) is 11.0. The van der Waals surface area contributed by atoms with Crippen molar-refractivity contribution in [3.63, 3.8) is 0 Å². The van der Waals surface area contributed by atoms with E-state index >= 15 is 0 Å². The van der Waals surface area contributed by atoms with Gasteiger partial charge in [-0.1, -0.05) is 0 Å². The van der Waals surface area contributed by atoms with Gasteiger partial charge in [-0.2, -0.15) is 0 Å². The molecule has 1 aromatic heterocycles. The monoisotopic (exact) mass is 301 g/mol. The average Bonchev–Trinajstić information content (AvgIpc) is 2.90. The van der Waals surface area contributed by atoms with Crippen LogP contribution in [0.4, 0.5) is 0 Å². The number of thiazole rings is 1. The Hall–Kier alpha value is -2.60. The number of aromatic nitrogens is 1. The molecule has 0 aliphatic rings. The molecule has 0 atom stereocenters. The number of fused-ring (bicyclic) bond motifs is 1.